The molecule has 0 bridgehead atoms. The summed E-state index contributed by atoms with van der Waals surface area (Å²) in [6.45, 7) is 0. The molecule has 1 aliphatic rings. The molecule has 1 saturated carbocycles. The molecule has 1 aliphatic carbocycles. The van der Waals surface area contributed by atoms with E-state index in [2.05, 4.69) is 15.9 Å². The Morgan fingerprint density at radius 3 is 2.50 bits per heavy atom. The molecular formula is C14H18BrNOS. The zero-order chi connectivity index (χ0) is 13.0. The Hall–Kier alpha value is -0.610. The van der Waals surface area contributed by atoms with E-state index in [1.54, 1.807) is 0 Å². The molecule has 0 amide bonds. The summed E-state index contributed by atoms with van der Waals surface area (Å²) >= 11 is 8.51. The van der Waals surface area contributed by atoms with E-state index in [4.69, 9.17) is 22.7 Å². The molecule has 2 nitrogen and oxygen atoms in total. The second kappa shape index (κ2) is 6.53. The molecule has 0 heterocycles. The fourth-order valence-electron chi connectivity index (χ4n) is 2.34. The van der Waals surface area contributed by atoms with Gasteiger partial charge in [-0.15, -0.1) is 0 Å². The number of rotatable bonds is 3. The fourth-order valence-corrected chi connectivity index (χ4v) is 2.86. The third-order valence-electron chi connectivity index (χ3n) is 3.30. The minimum absolute atomic E-state index is 0.307. The summed E-state index contributed by atoms with van der Waals surface area (Å²) in [5, 5.41) is 0. The number of benzene rings is 1. The van der Waals surface area contributed by atoms with Crippen molar-refractivity contribution in [2.24, 2.45) is 5.73 Å². The third-order valence-corrected chi connectivity index (χ3v) is 4.02. The van der Waals surface area contributed by atoms with E-state index in [0.717, 1.165) is 28.6 Å². The van der Waals surface area contributed by atoms with Gasteiger partial charge in [-0.2, -0.15) is 0 Å². The molecule has 0 aliphatic heterocycles. The number of thiocarbonyl (C=S) groups is 1. The van der Waals surface area contributed by atoms with Crippen LogP contribution in [0.25, 0.3) is 0 Å². The zero-order valence-electron chi connectivity index (χ0n) is 10.3. The monoisotopic (exact) mass is 327 g/mol. The molecule has 0 aromatic heterocycles. The first-order chi connectivity index (χ1) is 8.66. The molecule has 18 heavy (non-hydrogen) atoms. The van der Waals surface area contributed by atoms with Crippen LogP contribution in [0.4, 0.5) is 0 Å². The van der Waals surface area contributed by atoms with Gasteiger partial charge in [-0.1, -0.05) is 41.0 Å². The molecule has 98 valence electrons. The van der Waals surface area contributed by atoms with Crippen molar-refractivity contribution in [2.75, 3.05) is 0 Å². The van der Waals surface area contributed by atoms with Crippen LogP contribution in [0.1, 0.15) is 44.1 Å². The van der Waals surface area contributed by atoms with Gasteiger partial charge in [0.15, 0.2) is 0 Å². The van der Waals surface area contributed by atoms with Crippen LogP contribution in [0.15, 0.2) is 22.7 Å². The van der Waals surface area contributed by atoms with Crippen molar-refractivity contribution in [3.05, 3.63) is 28.2 Å². The summed E-state index contributed by atoms with van der Waals surface area (Å²) < 4.78 is 7.07. The quantitative estimate of drug-likeness (QED) is 0.668. The average Bonchev–Trinajstić information content (AvgIpc) is 2.60. The van der Waals surface area contributed by atoms with E-state index in [1.807, 2.05) is 18.2 Å². The summed E-state index contributed by atoms with van der Waals surface area (Å²) in [7, 11) is 0. The molecule has 0 spiro atoms. The van der Waals surface area contributed by atoms with Crippen LogP contribution in [0, 0.1) is 0 Å². The van der Waals surface area contributed by atoms with Crippen LogP contribution in [-0.2, 0) is 0 Å². The van der Waals surface area contributed by atoms with Gasteiger partial charge in [-0.25, -0.2) is 0 Å². The second-order valence-electron chi connectivity index (χ2n) is 4.74. The van der Waals surface area contributed by atoms with E-state index in [0.29, 0.717) is 11.1 Å². The lowest BCUT2D eigenvalue weighted by Crippen LogP contribution is -2.18. The molecule has 2 rings (SSSR count). The van der Waals surface area contributed by atoms with Crippen LogP contribution in [0.5, 0.6) is 5.75 Å². The molecule has 1 fully saturated rings. The van der Waals surface area contributed by atoms with Gasteiger partial charge in [0.1, 0.15) is 10.7 Å². The predicted molar refractivity (Wildman–Crippen MR) is 82.1 cm³/mol. The zero-order valence-corrected chi connectivity index (χ0v) is 12.7. The van der Waals surface area contributed by atoms with Crippen molar-refractivity contribution in [1.29, 1.82) is 0 Å². The molecule has 2 N–H and O–H groups in total. The number of hydrogen-bond donors (Lipinski definition) is 1. The van der Waals surface area contributed by atoms with E-state index in [-0.39, 0.29) is 0 Å². The Kier molecular flexibility index (Phi) is 5.01. The molecule has 1 aromatic carbocycles. The van der Waals surface area contributed by atoms with Crippen molar-refractivity contribution < 1.29 is 4.74 Å². The van der Waals surface area contributed by atoms with Gasteiger partial charge in [0.2, 0.25) is 0 Å². The lowest BCUT2D eigenvalue weighted by molar-refractivity contribution is 0.183. The number of nitrogens with two attached hydrogens (primary N) is 1. The van der Waals surface area contributed by atoms with Gasteiger partial charge in [-0.05, 0) is 43.9 Å². The molecular weight excluding hydrogens is 310 g/mol. The first-order valence-electron chi connectivity index (χ1n) is 6.43. The topological polar surface area (TPSA) is 35.2 Å². The maximum absolute atomic E-state index is 6.09. The summed E-state index contributed by atoms with van der Waals surface area (Å²) in [5.74, 6) is 0.817. The largest absolute Gasteiger partial charge is 0.490 e. The fraction of sp³-hybridized carbons (Fsp3) is 0.500. The Balaban J connectivity index is 2.14. The lowest BCUT2D eigenvalue weighted by atomic mass is 10.1. The third kappa shape index (κ3) is 3.69. The number of hydrogen-bond acceptors (Lipinski definition) is 2. The SMILES string of the molecule is NC(=S)c1cc(Br)ccc1OC1CCCCCC1. The van der Waals surface area contributed by atoms with Crippen LogP contribution < -0.4 is 10.5 Å². The van der Waals surface area contributed by atoms with Crippen molar-refractivity contribution in [3.63, 3.8) is 0 Å². The molecule has 1 aromatic rings. The number of ether oxygens (including phenoxy) is 1. The lowest BCUT2D eigenvalue weighted by Gasteiger charge is -2.19. The van der Waals surface area contributed by atoms with Crippen molar-refractivity contribution in [3.8, 4) is 5.75 Å². The van der Waals surface area contributed by atoms with Gasteiger partial charge >= 0.3 is 0 Å². The Bertz CT molecular complexity index is 428. The second-order valence-corrected chi connectivity index (χ2v) is 6.09. The van der Waals surface area contributed by atoms with E-state index < -0.39 is 0 Å². The van der Waals surface area contributed by atoms with E-state index in [9.17, 15) is 0 Å². The average molecular weight is 328 g/mol. The predicted octanol–water partition coefficient (Wildman–Crippen LogP) is 4.18. The van der Waals surface area contributed by atoms with E-state index in [1.165, 1.54) is 25.7 Å². The number of halogens is 1. The maximum atomic E-state index is 6.09. The van der Waals surface area contributed by atoms with Crippen molar-refractivity contribution in [1.82, 2.24) is 0 Å². The standard InChI is InChI=1S/C14H18BrNOS/c15-10-7-8-13(12(9-10)14(16)18)17-11-5-3-1-2-4-6-11/h7-9,11H,1-6H2,(H2,16,18). The van der Waals surface area contributed by atoms with Gasteiger partial charge in [-0.3, -0.25) is 0 Å². The Labute approximate surface area is 122 Å². The van der Waals surface area contributed by atoms with Gasteiger partial charge in [0, 0.05) is 4.47 Å². The van der Waals surface area contributed by atoms with Crippen molar-refractivity contribution >= 4 is 33.1 Å². The Morgan fingerprint density at radius 1 is 1.22 bits per heavy atom. The summed E-state index contributed by atoms with van der Waals surface area (Å²) in [6, 6.07) is 5.84. The highest BCUT2D eigenvalue weighted by molar-refractivity contribution is 9.10. The van der Waals surface area contributed by atoms with Gasteiger partial charge in [0.25, 0.3) is 0 Å². The highest BCUT2D eigenvalue weighted by Crippen LogP contribution is 2.27. The smallest absolute Gasteiger partial charge is 0.129 e. The highest BCUT2D eigenvalue weighted by Gasteiger charge is 2.16. The Morgan fingerprint density at radius 2 is 1.89 bits per heavy atom. The molecule has 0 atom stereocenters. The highest BCUT2D eigenvalue weighted by atomic mass is 79.9. The van der Waals surface area contributed by atoms with Crippen molar-refractivity contribution in [2.45, 2.75) is 44.6 Å². The van der Waals surface area contributed by atoms with Gasteiger partial charge in [0.05, 0.1) is 11.7 Å². The van der Waals surface area contributed by atoms with E-state index >= 15 is 0 Å². The molecule has 4 heteroatoms. The first-order valence-corrected chi connectivity index (χ1v) is 7.63. The molecule has 0 radical (unpaired) electrons. The summed E-state index contributed by atoms with van der Waals surface area (Å²) in [6.07, 6.45) is 7.72. The van der Waals surface area contributed by atoms with Gasteiger partial charge < -0.3 is 10.5 Å². The minimum Gasteiger partial charge on any atom is -0.490 e. The van der Waals surface area contributed by atoms with Crippen LogP contribution in [0.3, 0.4) is 0 Å². The van der Waals surface area contributed by atoms with Crippen LogP contribution in [-0.4, -0.2) is 11.1 Å². The van der Waals surface area contributed by atoms with Crippen LogP contribution >= 0.6 is 28.1 Å². The summed E-state index contributed by atoms with van der Waals surface area (Å²) in [5.41, 5.74) is 6.57. The van der Waals surface area contributed by atoms with Crippen LogP contribution in [0.2, 0.25) is 0 Å². The normalized spacial score (nSPS) is 17.2. The summed E-state index contributed by atoms with van der Waals surface area (Å²) in [4.78, 5) is 0.389. The molecule has 0 saturated heterocycles. The maximum Gasteiger partial charge on any atom is 0.129 e. The molecule has 0 unspecified atom stereocenters. The minimum atomic E-state index is 0.307. The first kappa shape index (κ1) is 13.8.